The van der Waals surface area contributed by atoms with Crippen LogP contribution in [0, 0.1) is 11.7 Å². The molecule has 3 rings (SSSR count). The van der Waals surface area contributed by atoms with Crippen LogP contribution in [-0.4, -0.2) is 36.9 Å². The molecule has 0 amide bonds. The van der Waals surface area contributed by atoms with Crippen LogP contribution in [0.1, 0.15) is 31.2 Å². The summed E-state index contributed by atoms with van der Waals surface area (Å²) in [6, 6.07) is 6.07. The van der Waals surface area contributed by atoms with E-state index in [4.69, 9.17) is 4.74 Å². The van der Waals surface area contributed by atoms with Crippen molar-refractivity contribution < 1.29 is 13.9 Å². The normalized spacial score (nSPS) is 28.6. The van der Waals surface area contributed by atoms with Gasteiger partial charge in [-0.05, 0) is 44.4 Å². The highest BCUT2D eigenvalue weighted by atomic mass is 19.1. The smallest absolute Gasteiger partial charge is 0.168 e. The van der Waals surface area contributed by atoms with Crippen molar-refractivity contribution >= 4 is 5.78 Å². The van der Waals surface area contributed by atoms with Crippen molar-refractivity contribution in [3.8, 4) is 5.75 Å². The van der Waals surface area contributed by atoms with Gasteiger partial charge in [-0.2, -0.15) is 0 Å². The van der Waals surface area contributed by atoms with Crippen LogP contribution in [0.3, 0.4) is 0 Å². The molecule has 0 radical (unpaired) electrons. The maximum absolute atomic E-state index is 14.1. The van der Waals surface area contributed by atoms with Gasteiger partial charge in [0.25, 0.3) is 0 Å². The van der Waals surface area contributed by atoms with E-state index in [2.05, 4.69) is 11.9 Å². The lowest BCUT2D eigenvalue weighted by Gasteiger charge is -2.35. The van der Waals surface area contributed by atoms with E-state index in [1.165, 1.54) is 20.0 Å². The molecular formula is C17H22FNO2. The number of ether oxygens (including phenoxy) is 1. The van der Waals surface area contributed by atoms with E-state index in [1.54, 1.807) is 18.2 Å². The third kappa shape index (κ3) is 2.69. The van der Waals surface area contributed by atoms with Crippen molar-refractivity contribution in [2.45, 2.75) is 44.2 Å². The van der Waals surface area contributed by atoms with Crippen LogP contribution >= 0.6 is 0 Å². The minimum absolute atomic E-state index is 0.0873. The molecule has 4 heteroatoms. The van der Waals surface area contributed by atoms with E-state index in [1.807, 2.05) is 0 Å². The van der Waals surface area contributed by atoms with Crippen molar-refractivity contribution in [2.75, 3.05) is 14.2 Å². The zero-order valence-corrected chi connectivity index (χ0v) is 12.6. The zero-order valence-electron chi connectivity index (χ0n) is 12.6. The van der Waals surface area contributed by atoms with Gasteiger partial charge in [0.15, 0.2) is 11.6 Å². The summed E-state index contributed by atoms with van der Waals surface area (Å²) in [5, 5.41) is 0. The number of Topliss-reactive ketones (excluding diaryl/α,β-unsaturated/α-hetero) is 1. The molecule has 21 heavy (non-hydrogen) atoms. The quantitative estimate of drug-likeness (QED) is 0.854. The van der Waals surface area contributed by atoms with Crippen LogP contribution in [0.2, 0.25) is 0 Å². The summed E-state index contributed by atoms with van der Waals surface area (Å²) in [7, 11) is 3.60. The predicted molar refractivity (Wildman–Crippen MR) is 79.0 cm³/mol. The SMILES string of the molecule is COc1cccc(CC(=O)C2CC3CCC(C2)N3C)c1F. The molecule has 2 heterocycles. The first-order valence-electron chi connectivity index (χ1n) is 7.66. The number of carbonyl (C=O) groups excluding carboxylic acids is 1. The van der Waals surface area contributed by atoms with Crippen LogP contribution < -0.4 is 4.74 Å². The molecule has 2 aliphatic rings. The minimum Gasteiger partial charge on any atom is -0.494 e. The van der Waals surface area contributed by atoms with Crippen molar-refractivity contribution in [1.29, 1.82) is 0 Å². The molecule has 114 valence electrons. The van der Waals surface area contributed by atoms with Crippen LogP contribution in [0.4, 0.5) is 4.39 Å². The van der Waals surface area contributed by atoms with Gasteiger partial charge in [-0.3, -0.25) is 4.79 Å². The number of nitrogens with zero attached hydrogens (tertiary/aromatic N) is 1. The minimum atomic E-state index is -0.399. The highest BCUT2D eigenvalue weighted by molar-refractivity contribution is 5.83. The van der Waals surface area contributed by atoms with Crippen molar-refractivity contribution in [3.05, 3.63) is 29.6 Å². The number of rotatable bonds is 4. The van der Waals surface area contributed by atoms with Gasteiger partial charge in [0.05, 0.1) is 7.11 Å². The number of hydrogen-bond acceptors (Lipinski definition) is 3. The molecule has 3 nitrogen and oxygen atoms in total. The fraction of sp³-hybridized carbons (Fsp3) is 0.588. The summed E-state index contributed by atoms with van der Waals surface area (Å²) in [6.07, 6.45) is 4.42. The Balaban J connectivity index is 1.70. The van der Waals surface area contributed by atoms with Gasteiger partial charge in [0.1, 0.15) is 5.78 Å². The zero-order chi connectivity index (χ0) is 15.0. The molecule has 0 spiro atoms. The maximum Gasteiger partial charge on any atom is 0.168 e. The Hall–Kier alpha value is -1.42. The Bertz CT molecular complexity index is 532. The first-order chi connectivity index (χ1) is 10.1. The summed E-state index contributed by atoms with van der Waals surface area (Å²) in [6.45, 7) is 0. The lowest BCUT2D eigenvalue weighted by Crippen LogP contribution is -2.42. The first-order valence-corrected chi connectivity index (χ1v) is 7.66. The summed E-state index contributed by atoms with van der Waals surface area (Å²) in [5.74, 6) is 0.0736. The largest absolute Gasteiger partial charge is 0.494 e. The summed E-state index contributed by atoms with van der Waals surface area (Å²) < 4.78 is 19.1. The Morgan fingerprint density at radius 3 is 2.62 bits per heavy atom. The lowest BCUT2D eigenvalue weighted by molar-refractivity contribution is -0.124. The Labute approximate surface area is 125 Å². The fourth-order valence-corrected chi connectivity index (χ4v) is 3.86. The second-order valence-corrected chi connectivity index (χ2v) is 6.30. The van der Waals surface area contributed by atoms with E-state index in [0.717, 1.165) is 12.8 Å². The number of halogens is 1. The lowest BCUT2D eigenvalue weighted by atomic mass is 9.85. The highest BCUT2D eigenvalue weighted by Gasteiger charge is 2.40. The van der Waals surface area contributed by atoms with E-state index in [-0.39, 0.29) is 23.9 Å². The Kier molecular flexibility index (Phi) is 3.98. The number of hydrogen-bond donors (Lipinski definition) is 0. The van der Waals surface area contributed by atoms with Gasteiger partial charge in [-0.15, -0.1) is 0 Å². The molecule has 0 N–H and O–H groups in total. The second-order valence-electron chi connectivity index (χ2n) is 6.30. The fourth-order valence-electron chi connectivity index (χ4n) is 3.86. The van der Waals surface area contributed by atoms with Crippen molar-refractivity contribution in [2.24, 2.45) is 5.92 Å². The van der Waals surface area contributed by atoms with E-state index in [0.29, 0.717) is 17.6 Å². The second kappa shape index (κ2) is 5.76. The molecule has 1 aromatic rings. The maximum atomic E-state index is 14.1. The predicted octanol–water partition coefficient (Wildman–Crippen LogP) is 2.82. The van der Waals surface area contributed by atoms with Gasteiger partial charge in [-0.25, -0.2) is 4.39 Å². The number of ketones is 1. The molecule has 2 saturated heterocycles. The monoisotopic (exact) mass is 291 g/mol. The molecular weight excluding hydrogens is 269 g/mol. The summed E-state index contributed by atoms with van der Waals surface area (Å²) in [5.41, 5.74) is 0.450. The molecule has 0 aromatic heterocycles. The Morgan fingerprint density at radius 1 is 1.33 bits per heavy atom. The van der Waals surface area contributed by atoms with Crippen LogP contribution in [0.25, 0.3) is 0 Å². The number of methoxy groups -OCH3 is 1. The number of piperidine rings is 1. The molecule has 2 aliphatic heterocycles. The van der Waals surface area contributed by atoms with Crippen molar-refractivity contribution in [3.63, 3.8) is 0 Å². The van der Waals surface area contributed by atoms with Crippen LogP contribution in [-0.2, 0) is 11.2 Å². The first kappa shape index (κ1) is 14.5. The molecule has 1 aromatic carbocycles. The number of carbonyl (C=O) groups is 1. The van der Waals surface area contributed by atoms with Gasteiger partial charge >= 0.3 is 0 Å². The average molecular weight is 291 g/mol. The topological polar surface area (TPSA) is 29.5 Å². The standard InChI is InChI=1S/C17H22FNO2/c1-19-13-6-7-14(19)9-12(8-13)15(20)10-11-4-3-5-16(21-2)17(11)18/h3-5,12-14H,6-10H2,1-2H3. The number of fused-ring (bicyclic) bond motifs is 2. The Morgan fingerprint density at radius 2 is 2.00 bits per heavy atom. The van der Waals surface area contributed by atoms with Crippen LogP contribution in [0.5, 0.6) is 5.75 Å². The van der Waals surface area contributed by atoms with E-state index >= 15 is 0 Å². The molecule has 0 aliphatic carbocycles. The van der Waals surface area contributed by atoms with Gasteiger partial charge in [-0.1, -0.05) is 12.1 Å². The highest BCUT2D eigenvalue weighted by Crippen LogP contribution is 2.38. The van der Waals surface area contributed by atoms with Crippen LogP contribution in [0.15, 0.2) is 18.2 Å². The third-order valence-electron chi connectivity index (χ3n) is 5.18. The molecule has 2 unspecified atom stereocenters. The van der Waals surface area contributed by atoms with Gasteiger partial charge in [0.2, 0.25) is 0 Å². The van der Waals surface area contributed by atoms with Crippen molar-refractivity contribution in [1.82, 2.24) is 4.90 Å². The molecule has 2 bridgehead atoms. The number of benzene rings is 1. The molecule has 2 fully saturated rings. The third-order valence-corrected chi connectivity index (χ3v) is 5.18. The van der Waals surface area contributed by atoms with E-state index in [9.17, 15) is 9.18 Å². The molecule has 2 atom stereocenters. The van der Waals surface area contributed by atoms with E-state index < -0.39 is 5.82 Å². The summed E-state index contributed by atoms with van der Waals surface area (Å²) >= 11 is 0. The molecule has 0 saturated carbocycles. The van der Waals surface area contributed by atoms with Gasteiger partial charge in [0, 0.05) is 24.4 Å². The van der Waals surface area contributed by atoms with Gasteiger partial charge < -0.3 is 9.64 Å². The average Bonchev–Trinajstić information content (AvgIpc) is 2.71. The summed E-state index contributed by atoms with van der Waals surface area (Å²) in [4.78, 5) is 14.9.